The van der Waals surface area contributed by atoms with Gasteiger partial charge >= 0.3 is 0 Å². The molecule has 0 heterocycles. The molecule has 2 atom stereocenters. The summed E-state index contributed by atoms with van der Waals surface area (Å²) in [4.78, 5) is 24.9. The van der Waals surface area contributed by atoms with Crippen molar-refractivity contribution in [3.8, 4) is 17.2 Å². The van der Waals surface area contributed by atoms with Gasteiger partial charge in [0.25, 0.3) is 0 Å². The van der Waals surface area contributed by atoms with Crippen LogP contribution >= 0.6 is 0 Å². The third kappa shape index (κ3) is 4.80. The molecule has 1 aliphatic rings. The normalized spacial score (nSPS) is 17.2. The Hall–Kier alpha value is -3.22. The number of ether oxygens (including phenoxy) is 3. The summed E-state index contributed by atoms with van der Waals surface area (Å²) in [5, 5.41) is 5.77. The van der Waals surface area contributed by atoms with Crippen molar-refractivity contribution in [2.45, 2.75) is 19.9 Å². The van der Waals surface area contributed by atoms with Crippen LogP contribution in [0.4, 0.5) is 5.69 Å². The summed E-state index contributed by atoms with van der Waals surface area (Å²) in [5.74, 6) is 0.898. The topological polar surface area (TPSA) is 85.9 Å². The highest BCUT2D eigenvalue weighted by atomic mass is 16.5. The molecule has 0 spiro atoms. The Bertz CT molecular complexity index is 912. The summed E-state index contributed by atoms with van der Waals surface area (Å²) in [7, 11) is 4.70. The van der Waals surface area contributed by atoms with Gasteiger partial charge in [0.2, 0.25) is 11.8 Å². The van der Waals surface area contributed by atoms with Gasteiger partial charge in [-0.3, -0.25) is 9.59 Å². The van der Waals surface area contributed by atoms with Crippen molar-refractivity contribution < 1.29 is 23.8 Å². The van der Waals surface area contributed by atoms with E-state index >= 15 is 0 Å². The number of hydrogen-bond acceptors (Lipinski definition) is 5. The molecular formula is C22H26N2O5. The SMILES string of the molecule is COc1ccc(C)cc1NC(=O)C1CC1C(=O)NCc1ccc(OC)c(OC)c1. The number of rotatable bonds is 8. The number of methoxy groups -OCH3 is 3. The Morgan fingerprint density at radius 3 is 2.24 bits per heavy atom. The zero-order valence-corrected chi connectivity index (χ0v) is 17.1. The monoisotopic (exact) mass is 398 g/mol. The van der Waals surface area contributed by atoms with E-state index in [1.165, 1.54) is 0 Å². The van der Waals surface area contributed by atoms with Gasteiger partial charge in [0, 0.05) is 6.54 Å². The van der Waals surface area contributed by atoms with Gasteiger partial charge in [0.15, 0.2) is 11.5 Å². The second-order valence-electron chi connectivity index (χ2n) is 7.05. The molecule has 1 saturated carbocycles. The molecule has 0 aromatic heterocycles. The smallest absolute Gasteiger partial charge is 0.228 e. The summed E-state index contributed by atoms with van der Waals surface area (Å²) < 4.78 is 15.8. The van der Waals surface area contributed by atoms with Gasteiger partial charge in [-0.1, -0.05) is 12.1 Å². The second-order valence-corrected chi connectivity index (χ2v) is 7.05. The molecule has 3 rings (SSSR count). The predicted octanol–water partition coefficient (Wildman–Crippen LogP) is 2.91. The van der Waals surface area contributed by atoms with Crippen molar-refractivity contribution in [3.05, 3.63) is 47.5 Å². The average molecular weight is 398 g/mol. The van der Waals surface area contributed by atoms with Crippen LogP contribution in [0.25, 0.3) is 0 Å². The first-order valence-electron chi connectivity index (χ1n) is 9.41. The van der Waals surface area contributed by atoms with Crippen LogP contribution in [-0.2, 0) is 16.1 Å². The first-order chi connectivity index (χ1) is 14.0. The van der Waals surface area contributed by atoms with E-state index in [2.05, 4.69) is 10.6 Å². The van der Waals surface area contributed by atoms with Crippen LogP contribution in [0.5, 0.6) is 17.2 Å². The zero-order chi connectivity index (χ0) is 21.0. The minimum absolute atomic E-state index is 0.129. The number of anilines is 1. The van der Waals surface area contributed by atoms with E-state index in [9.17, 15) is 9.59 Å². The standard InChI is InChI=1S/C22H26N2O5/c1-13-5-7-18(27-2)17(9-13)24-22(26)16-11-15(16)21(25)23-12-14-6-8-19(28-3)20(10-14)29-4/h5-10,15-16H,11-12H2,1-4H3,(H,23,25)(H,24,26). The lowest BCUT2D eigenvalue weighted by Crippen LogP contribution is -2.27. The largest absolute Gasteiger partial charge is 0.495 e. The minimum Gasteiger partial charge on any atom is -0.495 e. The Kier molecular flexibility index (Phi) is 6.26. The van der Waals surface area contributed by atoms with E-state index in [0.29, 0.717) is 35.9 Å². The fourth-order valence-corrected chi connectivity index (χ4v) is 3.23. The molecular weight excluding hydrogens is 372 g/mol. The molecule has 2 N–H and O–H groups in total. The Morgan fingerprint density at radius 1 is 0.897 bits per heavy atom. The summed E-state index contributed by atoms with van der Waals surface area (Å²) >= 11 is 0. The Labute approximate surface area is 170 Å². The van der Waals surface area contributed by atoms with E-state index in [0.717, 1.165) is 11.1 Å². The molecule has 154 valence electrons. The zero-order valence-electron chi connectivity index (χ0n) is 17.1. The second kappa shape index (κ2) is 8.86. The van der Waals surface area contributed by atoms with Crippen molar-refractivity contribution in [2.75, 3.05) is 26.6 Å². The lowest BCUT2D eigenvalue weighted by atomic mass is 10.2. The Morgan fingerprint density at radius 2 is 1.55 bits per heavy atom. The first kappa shape index (κ1) is 20.5. The summed E-state index contributed by atoms with van der Waals surface area (Å²) in [6.07, 6.45) is 0.539. The van der Waals surface area contributed by atoms with Crippen LogP contribution in [0.15, 0.2) is 36.4 Å². The van der Waals surface area contributed by atoms with E-state index in [1.807, 2.05) is 37.3 Å². The maximum absolute atomic E-state index is 12.5. The van der Waals surface area contributed by atoms with E-state index < -0.39 is 0 Å². The number of carbonyl (C=O) groups excluding carboxylic acids is 2. The average Bonchev–Trinajstić information content (AvgIpc) is 3.53. The molecule has 2 unspecified atom stereocenters. The first-order valence-corrected chi connectivity index (χ1v) is 9.41. The van der Waals surface area contributed by atoms with E-state index in [-0.39, 0.29) is 23.7 Å². The van der Waals surface area contributed by atoms with Gasteiger partial charge in [0.05, 0.1) is 38.9 Å². The van der Waals surface area contributed by atoms with Crippen molar-refractivity contribution in [1.82, 2.24) is 5.32 Å². The number of aryl methyl sites for hydroxylation is 1. The molecule has 0 aliphatic heterocycles. The number of hydrogen-bond donors (Lipinski definition) is 2. The van der Waals surface area contributed by atoms with Gasteiger partial charge in [-0.15, -0.1) is 0 Å². The minimum atomic E-state index is -0.328. The van der Waals surface area contributed by atoms with Gasteiger partial charge in [-0.05, 0) is 48.7 Å². The van der Waals surface area contributed by atoms with Crippen LogP contribution in [0.3, 0.4) is 0 Å². The maximum Gasteiger partial charge on any atom is 0.228 e. The quantitative estimate of drug-likeness (QED) is 0.714. The highest BCUT2D eigenvalue weighted by Crippen LogP contribution is 2.40. The number of carbonyl (C=O) groups is 2. The van der Waals surface area contributed by atoms with E-state index in [4.69, 9.17) is 14.2 Å². The lowest BCUT2D eigenvalue weighted by molar-refractivity contribution is -0.125. The molecule has 29 heavy (non-hydrogen) atoms. The molecule has 2 amide bonds. The fraction of sp³-hybridized carbons (Fsp3) is 0.364. The van der Waals surface area contributed by atoms with Gasteiger partial charge in [0.1, 0.15) is 5.75 Å². The third-order valence-electron chi connectivity index (χ3n) is 4.99. The van der Waals surface area contributed by atoms with Crippen LogP contribution in [0, 0.1) is 18.8 Å². The van der Waals surface area contributed by atoms with Gasteiger partial charge in [-0.25, -0.2) is 0 Å². The van der Waals surface area contributed by atoms with E-state index in [1.54, 1.807) is 27.4 Å². The maximum atomic E-state index is 12.5. The van der Waals surface area contributed by atoms with Crippen LogP contribution in [-0.4, -0.2) is 33.1 Å². The molecule has 0 bridgehead atoms. The molecule has 1 fully saturated rings. The van der Waals surface area contributed by atoms with Crippen LogP contribution in [0.1, 0.15) is 17.5 Å². The number of benzene rings is 2. The number of nitrogens with one attached hydrogen (secondary N) is 2. The lowest BCUT2D eigenvalue weighted by Gasteiger charge is -2.11. The van der Waals surface area contributed by atoms with Crippen molar-refractivity contribution in [1.29, 1.82) is 0 Å². The molecule has 0 radical (unpaired) electrons. The van der Waals surface area contributed by atoms with Crippen molar-refractivity contribution in [2.24, 2.45) is 11.8 Å². The van der Waals surface area contributed by atoms with Gasteiger partial charge in [-0.2, -0.15) is 0 Å². The molecule has 2 aromatic carbocycles. The van der Waals surface area contributed by atoms with Crippen molar-refractivity contribution >= 4 is 17.5 Å². The van der Waals surface area contributed by atoms with Crippen LogP contribution < -0.4 is 24.8 Å². The molecule has 1 aliphatic carbocycles. The third-order valence-corrected chi connectivity index (χ3v) is 4.99. The molecule has 2 aromatic rings. The molecule has 7 nitrogen and oxygen atoms in total. The summed E-state index contributed by atoms with van der Waals surface area (Å²) in [5.41, 5.74) is 2.53. The van der Waals surface area contributed by atoms with Gasteiger partial charge < -0.3 is 24.8 Å². The highest BCUT2D eigenvalue weighted by Gasteiger charge is 2.48. The molecule has 0 saturated heterocycles. The highest BCUT2D eigenvalue weighted by molar-refractivity contribution is 6.00. The Balaban J connectivity index is 1.54. The fourth-order valence-electron chi connectivity index (χ4n) is 3.23. The summed E-state index contributed by atoms with van der Waals surface area (Å²) in [6, 6.07) is 11.1. The van der Waals surface area contributed by atoms with Crippen LogP contribution in [0.2, 0.25) is 0 Å². The number of amides is 2. The summed E-state index contributed by atoms with van der Waals surface area (Å²) in [6.45, 7) is 2.30. The van der Waals surface area contributed by atoms with Crippen molar-refractivity contribution in [3.63, 3.8) is 0 Å². The predicted molar refractivity (Wildman–Crippen MR) is 109 cm³/mol. The molecule has 7 heteroatoms.